The highest BCUT2D eigenvalue weighted by Gasteiger charge is 2.44. The Bertz CT molecular complexity index is 523. The molecule has 1 aromatic heterocycles. The molecule has 2 bridgehead atoms. The van der Waals surface area contributed by atoms with E-state index in [2.05, 4.69) is 14.9 Å². The molecule has 0 aliphatic carbocycles. The first-order valence-corrected chi connectivity index (χ1v) is 6.58. The van der Waals surface area contributed by atoms with Crippen molar-refractivity contribution in [2.45, 2.75) is 24.9 Å². The number of alkyl halides is 3. The second kappa shape index (κ2) is 4.47. The average molecular weight is 287 g/mol. The van der Waals surface area contributed by atoms with E-state index in [1.807, 2.05) is 0 Å². The lowest BCUT2D eigenvalue weighted by Crippen LogP contribution is -2.47. The van der Waals surface area contributed by atoms with Crippen LogP contribution in [0.5, 0.6) is 0 Å². The van der Waals surface area contributed by atoms with E-state index in [4.69, 9.17) is 11.5 Å². The molecule has 3 aliphatic rings. The lowest BCUT2D eigenvalue weighted by Gasteiger charge is -2.45. The van der Waals surface area contributed by atoms with E-state index in [-0.39, 0.29) is 23.5 Å². The molecule has 0 aromatic carbocycles. The molecule has 0 amide bonds. The van der Waals surface area contributed by atoms with Gasteiger partial charge in [-0.25, -0.2) is 4.98 Å². The number of nitrogen functional groups attached to an aromatic ring is 2. The molecule has 5 nitrogen and oxygen atoms in total. The number of aromatic nitrogens is 2. The SMILES string of the molecule is Nc1nc(N)c(C(F)(F)F)c(C2CN3CCC2CC3)n1. The Hall–Kier alpha value is -1.57. The molecule has 4 rings (SSSR count). The Labute approximate surface area is 114 Å². The van der Waals surface area contributed by atoms with Gasteiger partial charge in [0, 0.05) is 12.5 Å². The smallest absolute Gasteiger partial charge is 0.383 e. The summed E-state index contributed by atoms with van der Waals surface area (Å²) in [4.78, 5) is 9.52. The van der Waals surface area contributed by atoms with E-state index in [9.17, 15) is 13.2 Å². The summed E-state index contributed by atoms with van der Waals surface area (Å²) in [7, 11) is 0. The van der Waals surface area contributed by atoms with Crippen LogP contribution in [0.3, 0.4) is 0 Å². The van der Waals surface area contributed by atoms with Crippen LogP contribution in [0.1, 0.15) is 30.0 Å². The maximum atomic E-state index is 13.2. The minimum Gasteiger partial charge on any atom is -0.383 e. The zero-order valence-electron chi connectivity index (χ0n) is 10.8. The number of rotatable bonds is 1. The molecule has 1 aromatic rings. The molecule has 3 fully saturated rings. The van der Waals surface area contributed by atoms with Crippen molar-refractivity contribution in [3.05, 3.63) is 11.3 Å². The Morgan fingerprint density at radius 1 is 1.10 bits per heavy atom. The van der Waals surface area contributed by atoms with Gasteiger partial charge in [0.15, 0.2) is 0 Å². The lowest BCUT2D eigenvalue weighted by molar-refractivity contribution is -0.138. The van der Waals surface area contributed by atoms with Gasteiger partial charge in [-0.05, 0) is 31.8 Å². The maximum Gasteiger partial charge on any atom is 0.421 e. The monoisotopic (exact) mass is 287 g/mol. The van der Waals surface area contributed by atoms with Gasteiger partial charge in [0.05, 0.1) is 5.69 Å². The largest absolute Gasteiger partial charge is 0.421 e. The first-order valence-electron chi connectivity index (χ1n) is 6.58. The second-order valence-corrected chi connectivity index (χ2v) is 5.47. The Balaban J connectivity index is 2.08. The van der Waals surface area contributed by atoms with Gasteiger partial charge in [-0.1, -0.05) is 0 Å². The number of fused-ring (bicyclic) bond motifs is 3. The fraction of sp³-hybridized carbons (Fsp3) is 0.667. The van der Waals surface area contributed by atoms with Gasteiger partial charge in [-0.2, -0.15) is 18.2 Å². The second-order valence-electron chi connectivity index (χ2n) is 5.47. The van der Waals surface area contributed by atoms with E-state index in [1.54, 1.807) is 0 Å². The lowest BCUT2D eigenvalue weighted by atomic mass is 9.76. The number of piperidine rings is 3. The van der Waals surface area contributed by atoms with Crippen LogP contribution in [-0.2, 0) is 6.18 Å². The number of hydrogen-bond donors (Lipinski definition) is 2. The van der Waals surface area contributed by atoms with Gasteiger partial charge in [0.2, 0.25) is 5.95 Å². The first kappa shape index (κ1) is 13.4. The predicted octanol–water partition coefficient (Wildman–Crippen LogP) is 1.47. The fourth-order valence-electron chi connectivity index (χ4n) is 3.35. The molecule has 8 heteroatoms. The number of nitrogens with zero attached hydrogens (tertiary/aromatic N) is 3. The van der Waals surface area contributed by atoms with Crippen LogP contribution in [0.15, 0.2) is 0 Å². The zero-order chi connectivity index (χ0) is 14.5. The highest BCUT2D eigenvalue weighted by atomic mass is 19.4. The van der Waals surface area contributed by atoms with E-state index in [0.29, 0.717) is 6.54 Å². The molecule has 1 atom stereocenters. The van der Waals surface area contributed by atoms with Gasteiger partial charge in [0.1, 0.15) is 11.4 Å². The van der Waals surface area contributed by atoms with Gasteiger partial charge >= 0.3 is 6.18 Å². The quantitative estimate of drug-likeness (QED) is 0.817. The molecule has 0 radical (unpaired) electrons. The van der Waals surface area contributed by atoms with Crippen molar-refractivity contribution >= 4 is 11.8 Å². The minimum absolute atomic E-state index is 0.0306. The van der Waals surface area contributed by atoms with Crippen LogP contribution >= 0.6 is 0 Å². The van der Waals surface area contributed by atoms with Crippen LogP contribution in [0, 0.1) is 5.92 Å². The minimum atomic E-state index is -4.56. The van der Waals surface area contributed by atoms with Gasteiger partial charge in [0.25, 0.3) is 0 Å². The van der Waals surface area contributed by atoms with Crippen LogP contribution in [0.2, 0.25) is 0 Å². The van der Waals surface area contributed by atoms with Crippen molar-refractivity contribution in [2.75, 3.05) is 31.1 Å². The number of halogens is 3. The number of nitrogens with two attached hydrogens (primary N) is 2. The van der Waals surface area contributed by atoms with Crippen LogP contribution in [0.4, 0.5) is 24.9 Å². The molecule has 3 aliphatic heterocycles. The van der Waals surface area contributed by atoms with E-state index >= 15 is 0 Å². The van der Waals surface area contributed by atoms with Gasteiger partial charge < -0.3 is 16.4 Å². The summed E-state index contributed by atoms with van der Waals surface area (Å²) >= 11 is 0. The molecule has 20 heavy (non-hydrogen) atoms. The van der Waals surface area contributed by atoms with Crippen molar-refractivity contribution in [3.63, 3.8) is 0 Å². The molecule has 4 heterocycles. The number of hydrogen-bond acceptors (Lipinski definition) is 5. The molecule has 0 spiro atoms. The van der Waals surface area contributed by atoms with Crippen LogP contribution < -0.4 is 11.5 Å². The molecular weight excluding hydrogens is 271 g/mol. The summed E-state index contributed by atoms with van der Waals surface area (Å²) in [6, 6.07) is 0. The molecule has 110 valence electrons. The highest BCUT2D eigenvalue weighted by molar-refractivity contribution is 5.49. The van der Waals surface area contributed by atoms with E-state index < -0.39 is 17.6 Å². The molecule has 1 unspecified atom stereocenters. The average Bonchev–Trinajstić information content (AvgIpc) is 2.37. The van der Waals surface area contributed by atoms with E-state index in [0.717, 1.165) is 25.9 Å². The van der Waals surface area contributed by atoms with Crippen molar-refractivity contribution in [1.82, 2.24) is 14.9 Å². The van der Waals surface area contributed by atoms with E-state index in [1.165, 1.54) is 0 Å². The summed E-state index contributed by atoms with van der Waals surface area (Å²) in [5.41, 5.74) is 10.00. The molecule has 0 saturated carbocycles. The van der Waals surface area contributed by atoms with Gasteiger partial charge in [-0.3, -0.25) is 0 Å². The highest BCUT2D eigenvalue weighted by Crippen LogP contribution is 2.44. The predicted molar refractivity (Wildman–Crippen MR) is 67.8 cm³/mol. The summed E-state index contributed by atoms with van der Waals surface area (Å²) in [5, 5.41) is 0. The molecule has 3 saturated heterocycles. The summed E-state index contributed by atoms with van der Waals surface area (Å²) in [6.07, 6.45) is -2.77. The fourth-order valence-corrected chi connectivity index (χ4v) is 3.35. The number of anilines is 2. The third kappa shape index (κ3) is 2.17. The van der Waals surface area contributed by atoms with Crippen molar-refractivity contribution in [2.24, 2.45) is 5.92 Å². The molecule has 4 N–H and O–H groups in total. The van der Waals surface area contributed by atoms with Crippen molar-refractivity contribution < 1.29 is 13.2 Å². The first-order chi connectivity index (χ1) is 9.36. The van der Waals surface area contributed by atoms with Crippen molar-refractivity contribution in [1.29, 1.82) is 0 Å². The normalized spacial score (nSPS) is 29.6. The standard InChI is InChI=1S/C12H16F3N5/c13-12(14,15)8-9(18-11(17)19-10(8)16)7-5-20-3-1-6(7)2-4-20/h6-7H,1-5H2,(H4,16,17,18,19). The molecular formula is C12H16F3N5. The summed E-state index contributed by atoms with van der Waals surface area (Å²) in [5.74, 6) is -0.810. The van der Waals surface area contributed by atoms with Gasteiger partial charge in [-0.15, -0.1) is 0 Å². The van der Waals surface area contributed by atoms with Crippen LogP contribution in [0.25, 0.3) is 0 Å². The third-order valence-corrected chi connectivity index (χ3v) is 4.27. The Morgan fingerprint density at radius 2 is 1.75 bits per heavy atom. The zero-order valence-corrected chi connectivity index (χ0v) is 10.8. The van der Waals surface area contributed by atoms with Crippen LogP contribution in [-0.4, -0.2) is 34.5 Å². The Morgan fingerprint density at radius 3 is 2.25 bits per heavy atom. The summed E-state index contributed by atoms with van der Waals surface area (Å²) < 4.78 is 39.7. The Kier molecular flexibility index (Phi) is 3.00. The summed E-state index contributed by atoms with van der Waals surface area (Å²) in [6.45, 7) is 2.47. The third-order valence-electron chi connectivity index (χ3n) is 4.27. The van der Waals surface area contributed by atoms with Crippen molar-refractivity contribution in [3.8, 4) is 0 Å². The topological polar surface area (TPSA) is 81.1 Å². The maximum absolute atomic E-state index is 13.2.